The van der Waals surface area contributed by atoms with Gasteiger partial charge in [-0.05, 0) is 48.6 Å². The maximum Gasteiger partial charge on any atom is 0.157 e. The molecule has 1 aliphatic heterocycles. The molecular weight excluding hydrogens is 490 g/mol. The summed E-state index contributed by atoms with van der Waals surface area (Å²) >= 11 is 6.75. The number of aromatic nitrogens is 2. The van der Waals surface area contributed by atoms with Crippen molar-refractivity contribution in [3.05, 3.63) is 112 Å². The molecule has 38 heavy (non-hydrogen) atoms. The zero-order valence-corrected chi connectivity index (χ0v) is 22.0. The second-order valence-electron chi connectivity index (χ2n) is 10.4. The van der Waals surface area contributed by atoms with E-state index in [2.05, 4.69) is 76.0 Å². The Hall–Kier alpha value is -3.85. The molecular formula is C32H29ClN5+. The zero-order valence-electron chi connectivity index (χ0n) is 21.2. The van der Waals surface area contributed by atoms with Gasteiger partial charge in [0.2, 0.25) is 0 Å². The average molecular weight is 519 g/mol. The van der Waals surface area contributed by atoms with Crippen LogP contribution >= 0.6 is 11.6 Å². The fourth-order valence-electron chi connectivity index (χ4n) is 6.68. The minimum Gasteiger partial charge on any atom is -0.346 e. The SMILES string of the molecule is N#Cc1c2c(c(N3CC[NH+]([C@H](c4ccccc4)c4ccccc4Cl)CC3)n3c1nc1ccccc13)CCC2. The number of nitrogens with zero attached hydrogens (tertiary/aromatic N) is 4. The number of hydrogen-bond acceptors (Lipinski definition) is 3. The highest BCUT2D eigenvalue weighted by molar-refractivity contribution is 6.31. The van der Waals surface area contributed by atoms with Gasteiger partial charge in [-0.25, -0.2) is 4.98 Å². The Kier molecular flexibility index (Phi) is 5.80. The molecule has 3 heterocycles. The quantitative estimate of drug-likeness (QED) is 0.364. The van der Waals surface area contributed by atoms with Crippen LogP contribution in [0.5, 0.6) is 0 Å². The third kappa shape index (κ3) is 3.67. The summed E-state index contributed by atoms with van der Waals surface area (Å²) in [6.45, 7) is 3.85. The van der Waals surface area contributed by atoms with Crippen LogP contribution in [0, 0.1) is 11.3 Å². The molecule has 2 aliphatic rings. The number of piperazine rings is 1. The van der Waals surface area contributed by atoms with Crippen LogP contribution in [0.15, 0.2) is 78.9 Å². The Morgan fingerprint density at radius 2 is 1.58 bits per heavy atom. The number of hydrogen-bond donors (Lipinski definition) is 1. The highest BCUT2D eigenvalue weighted by Crippen LogP contribution is 2.38. The highest BCUT2D eigenvalue weighted by Gasteiger charge is 2.34. The van der Waals surface area contributed by atoms with Gasteiger partial charge in [-0.15, -0.1) is 0 Å². The molecule has 1 atom stereocenters. The van der Waals surface area contributed by atoms with E-state index in [4.69, 9.17) is 16.6 Å². The Bertz CT molecular complexity index is 1690. The largest absolute Gasteiger partial charge is 0.346 e. The molecule has 0 unspecified atom stereocenters. The molecule has 0 radical (unpaired) electrons. The number of halogens is 1. The summed E-state index contributed by atoms with van der Waals surface area (Å²) in [6, 6.07) is 30.0. The average Bonchev–Trinajstić information content (AvgIpc) is 3.59. The van der Waals surface area contributed by atoms with Crippen molar-refractivity contribution in [1.82, 2.24) is 9.38 Å². The summed E-state index contributed by atoms with van der Waals surface area (Å²) in [7, 11) is 0. The van der Waals surface area contributed by atoms with E-state index in [-0.39, 0.29) is 6.04 Å². The van der Waals surface area contributed by atoms with Crippen molar-refractivity contribution >= 4 is 34.1 Å². The normalized spacial score (nSPS) is 16.6. The number of quaternary nitrogens is 1. The third-order valence-electron chi connectivity index (χ3n) is 8.36. The molecule has 1 N–H and O–H groups in total. The van der Waals surface area contributed by atoms with Crippen LogP contribution in [0.25, 0.3) is 16.7 Å². The lowest BCUT2D eigenvalue weighted by Gasteiger charge is -2.39. The maximum atomic E-state index is 10.1. The first-order chi connectivity index (χ1) is 18.7. The molecule has 0 bridgehead atoms. The van der Waals surface area contributed by atoms with Gasteiger partial charge >= 0.3 is 0 Å². The number of rotatable bonds is 4. The van der Waals surface area contributed by atoms with Crippen molar-refractivity contribution in [2.45, 2.75) is 25.3 Å². The smallest absolute Gasteiger partial charge is 0.157 e. The number of benzene rings is 3. The van der Waals surface area contributed by atoms with Crippen LogP contribution in [0.3, 0.4) is 0 Å². The molecule has 5 nitrogen and oxygen atoms in total. The van der Waals surface area contributed by atoms with E-state index in [9.17, 15) is 5.26 Å². The minimum atomic E-state index is 0.188. The summed E-state index contributed by atoms with van der Waals surface area (Å²) in [4.78, 5) is 9.02. The minimum absolute atomic E-state index is 0.188. The summed E-state index contributed by atoms with van der Waals surface area (Å²) in [5.74, 6) is 1.24. The predicted molar refractivity (Wildman–Crippen MR) is 152 cm³/mol. The zero-order chi connectivity index (χ0) is 25.6. The van der Waals surface area contributed by atoms with Crippen molar-refractivity contribution in [2.24, 2.45) is 0 Å². The monoisotopic (exact) mass is 518 g/mol. The Morgan fingerprint density at radius 3 is 2.37 bits per heavy atom. The standard InChI is InChI=1S/C32H28ClN5/c33-27-14-5-4-11-25(27)30(22-9-2-1-3-10-22)36-17-19-37(20-18-36)32-24-13-8-12-23(24)26(21-34)31-35-28-15-6-7-16-29(28)38(31)32/h1-7,9-11,14-16,30H,8,12-13,17-20H2/p+1/t30-/m1/s1. The summed E-state index contributed by atoms with van der Waals surface area (Å²) in [5.41, 5.74) is 8.61. The number of para-hydroxylation sites is 2. The molecule has 1 fully saturated rings. The van der Waals surface area contributed by atoms with Crippen molar-refractivity contribution in [2.75, 3.05) is 31.1 Å². The number of anilines is 1. The maximum absolute atomic E-state index is 10.1. The van der Waals surface area contributed by atoms with E-state index in [1.165, 1.54) is 33.0 Å². The number of fused-ring (bicyclic) bond motifs is 4. The summed E-state index contributed by atoms with van der Waals surface area (Å²) < 4.78 is 2.27. The van der Waals surface area contributed by atoms with Gasteiger partial charge in [-0.3, -0.25) is 4.40 Å². The molecule has 7 rings (SSSR count). The van der Waals surface area contributed by atoms with Crippen LogP contribution in [-0.2, 0) is 12.8 Å². The predicted octanol–water partition coefficient (Wildman–Crippen LogP) is 5.00. The van der Waals surface area contributed by atoms with Gasteiger partial charge in [0.25, 0.3) is 0 Å². The Morgan fingerprint density at radius 1 is 0.868 bits per heavy atom. The molecule has 6 heteroatoms. The first-order valence-electron chi connectivity index (χ1n) is 13.5. The summed E-state index contributed by atoms with van der Waals surface area (Å²) in [6.07, 6.45) is 3.07. The highest BCUT2D eigenvalue weighted by atomic mass is 35.5. The van der Waals surface area contributed by atoms with Gasteiger partial charge in [0, 0.05) is 11.1 Å². The molecule has 2 aromatic heterocycles. The van der Waals surface area contributed by atoms with E-state index in [1.807, 2.05) is 18.2 Å². The lowest BCUT2D eigenvalue weighted by molar-refractivity contribution is -0.926. The third-order valence-corrected chi connectivity index (χ3v) is 8.70. The van der Waals surface area contributed by atoms with E-state index in [1.54, 1.807) is 0 Å². The van der Waals surface area contributed by atoms with Gasteiger partial charge in [0.05, 0.1) is 47.8 Å². The van der Waals surface area contributed by atoms with Crippen LogP contribution in [0.2, 0.25) is 5.02 Å². The molecule has 0 amide bonds. The first kappa shape index (κ1) is 23.3. The fourth-order valence-corrected chi connectivity index (χ4v) is 6.92. The van der Waals surface area contributed by atoms with E-state index in [0.717, 1.165) is 72.7 Å². The van der Waals surface area contributed by atoms with E-state index < -0.39 is 0 Å². The van der Waals surface area contributed by atoms with Gasteiger partial charge in [-0.2, -0.15) is 5.26 Å². The van der Waals surface area contributed by atoms with Gasteiger partial charge in [-0.1, -0.05) is 72.3 Å². The van der Waals surface area contributed by atoms with Crippen LogP contribution < -0.4 is 9.80 Å². The molecule has 1 aliphatic carbocycles. The Balaban J connectivity index is 1.30. The van der Waals surface area contributed by atoms with E-state index in [0.29, 0.717) is 0 Å². The molecule has 5 aromatic rings. The topological polar surface area (TPSA) is 48.8 Å². The lowest BCUT2D eigenvalue weighted by Crippen LogP contribution is -3.15. The van der Waals surface area contributed by atoms with Crippen molar-refractivity contribution < 1.29 is 4.90 Å². The van der Waals surface area contributed by atoms with Crippen molar-refractivity contribution in [3.63, 3.8) is 0 Å². The van der Waals surface area contributed by atoms with Crippen molar-refractivity contribution in [3.8, 4) is 6.07 Å². The fraction of sp³-hybridized carbons (Fsp3) is 0.250. The van der Waals surface area contributed by atoms with Gasteiger partial charge in [0.1, 0.15) is 17.9 Å². The van der Waals surface area contributed by atoms with Crippen LogP contribution in [0.1, 0.15) is 40.3 Å². The first-order valence-corrected chi connectivity index (χ1v) is 13.9. The number of imidazole rings is 1. The lowest BCUT2D eigenvalue weighted by atomic mass is 9.96. The molecule has 3 aromatic carbocycles. The van der Waals surface area contributed by atoms with Gasteiger partial charge in [0.15, 0.2) is 5.65 Å². The van der Waals surface area contributed by atoms with Crippen LogP contribution in [0.4, 0.5) is 5.82 Å². The number of pyridine rings is 1. The Labute approximate surface area is 227 Å². The second kappa shape index (κ2) is 9.47. The summed E-state index contributed by atoms with van der Waals surface area (Å²) in [5, 5.41) is 11.0. The van der Waals surface area contributed by atoms with E-state index >= 15 is 0 Å². The van der Waals surface area contributed by atoms with Gasteiger partial charge < -0.3 is 9.80 Å². The number of nitriles is 1. The van der Waals surface area contributed by atoms with Crippen molar-refractivity contribution in [1.29, 1.82) is 5.26 Å². The molecule has 0 spiro atoms. The second-order valence-corrected chi connectivity index (χ2v) is 10.8. The molecule has 188 valence electrons. The van der Waals surface area contributed by atoms with Crippen LogP contribution in [-0.4, -0.2) is 35.6 Å². The molecule has 1 saturated heterocycles. The molecule has 0 saturated carbocycles. The number of nitrogens with one attached hydrogen (secondary N) is 1.